The summed E-state index contributed by atoms with van der Waals surface area (Å²) in [5.41, 5.74) is 21.8. The monoisotopic (exact) mass is 1320 g/mol. The van der Waals surface area contributed by atoms with Crippen molar-refractivity contribution in [3.63, 3.8) is 0 Å². The molecule has 1 aromatic heterocycles. The number of nitrogens with two attached hydrogens (primary N) is 1. The third-order valence-corrected chi connectivity index (χ3v) is 24.1. The Hall–Kier alpha value is -7.85. The number of nitrogens with zero attached hydrogens (tertiary/aromatic N) is 2. The molecule has 1 unspecified atom stereocenters. The highest BCUT2D eigenvalue weighted by Gasteiger charge is 2.63. The Kier molecular flexibility index (Phi) is 17.9. The molecule has 5 aromatic carbocycles. The van der Waals surface area contributed by atoms with Crippen LogP contribution in [0.15, 0.2) is 131 Å². The van der Waals surface area contributed by atoms with Crippen LogP contribution in [0, 0.1) is 41.4 Å². The van der Waals surface area contributed by atoms with Crippen LogP contribution in [0.5, 0.6) is 23.0 Å². The summed E-state index contributed by atoms with van der Waals surface area (Å²) in [6.45, 7) is 1.99. The summed E-state index contributed by atoms with van der Waals surface area (Å²) in [5, 5.41) is 71.1. The average Bonchev–Trinajstić information content (AvgIpc) is 0.797. The summed E-state index contributed by atoms with van der Waals surface area (Å²) in [4.78, 5) is 5.10. The minimum Gasteiger partial charge on any atom is -0.508 e. The molecular formula is C82H94N6O10. The topological polar surface area (TPSA) is 227 Å². The van der Waals surface area contributed by atoms with E-state index in [1.807, 2.05) is 24.3 Å². The number of piperidine rings is 1. The second-order valence-corrected chi connectivity index (χ2v) is 29.6. The molecule has 512 valence electrons. The standard InChI is InChI=1S/C82H94N6O10/c1-94-32-8-31-84-80(83)85-42-56-36-54-18-15-48(13-14-49-17-26-68(91)55(33-49)34-50-9-6-12-62(90)35-50)16-23-63-65-25-28-73(95-2)86-78(65)87-79-74(63)76(56)98-71(54)41-69(92)53-20-24-64-66(39-53)58(45-89)40-70(93)77(64)96-46-59-38-61(37-57-43-88(79)44-67(57)59)82-60-22-19-51-10-7-11-52(75(51)82)21-27-72(82)81(97-47-60)29-4-3-5-30-81/h6-7,9-12,17,20,24,26,33,35-38,40,43-44,48,53-54,60,69,71-73,76,78,86-87,89-93H,3-5,8,13-15,18-19,21-22,25,27-32,34,39,41-42,45-47H2,1-2H3,(H3,83,84,85)/t48-,53-,54-,60-,69+,71-,72+,73+,76-,78?,82+/m1/s1. The Bertz CT molecular complexity index is 4280. The van der Waals surface area contributed by atoms with Crippen molar-refractivity contribution in [2.45, 2.75) is 177 Å². The van der Waals surface area contributed by atoms with Gasteiger partial charge in [-0.25, -0.2) is 4.99 Å². The van der Waals surface area contributed by atoms with Gasteiger partial charge in [-0.3, -0.25) is 5.32 Å². The fourth-order valence-corrected chi connectivity index (χ4v) is 19.4. The molecule has 16 nitrogen and oxygen atoms in total. The van der Waals surface area contributed by atoms with Crippen molar-refractivity contribution in [3.8, 4) is 34.8 Å². The van der Waals surface area contributed by atoms with E-state index in [-0.39, 0.29) is 90.0 Å². The van der Waals surface area contributed by atoms with Gasteiger partial charge in [-0.05, 0) is 193 Å². The van der Waals surface area contributed by atoms with Gasteiger partial charge >= 0.3 is 0 Å². The van der Waals surface area contributed by atoms with Crippen LogP contribution in [-0.4, -0.2) is 113 Å². The van der Waals surface area contributed by atoms with Crippen LogP contribution in [0.2, 0.25) is 0 Å². The van der Waals surface area contributed by atoms with Crippen molar-refractivity contribution >= 4 is 28.6 Å². The molecule has 0 radical (unpaired) electrons. The molecule has 5 aliphatic carbocycles. The molecule has 1 saturated carbocycles. The summed E-state index contributed by atoms with van der Waals surface area (Å²) in [6, 6.07) is 26.8. The van der Waals surface area contributed by atoms with E-state index in [9.17, 15) is 25.5 Å². The number of ether oxygens (including phenoxy) is 5. The molecule has 2 saturated heterocycles. The van der Waals surface area contributed by atoms with Crippen molar-refractivity contribution in [1.29, 1.82) is 0 Å². The predicted octanol–water partition coefficient (Wildman–Crippen LogP) is 11.6. The van der Waals surface area contributed by atoms with E-state index in [1.54, 1.807) is 38.5 Å². The lowest BCUT2D eigenvalue weighted by atomic mass is 9.45. The summed E-state index contributed by atoms with van der Waals surface area (Å²) in [7, 11) is 3.46. The lowest BCUT2D eigenvalue weighted by Gasteiger charge is -2.63. The number of hydrogen-bond acceptors (Lipinski definition) is 13. The number of benzene rings is 5. The van der Waals surface area contributed by atoms with Gasteiger partial charge in [0, 0.05) is 109 Å². The van der Waals surface area contributed by atoms with Crippen LogP contribution in [0.3, 0.4) is 0 Å². The number of phenols is 3. The maximum absolute atomic E-state index is 12.9. The summed E-state index contributed by atoms with van der Waals surface area (Å²) < 4.78 is 36.3. The fraction of sp³-hybridized carbons (Fsp3) is 0.476. The largest absolute Gasteiger partial charge is 0.508 e. The first-order chi connectivity index (χ1) is 47.9. The third kappa shape index (κ3) is 11.8. The quantitative estimate of drug-likeness (QED) is 0.0163. The van der Waals surface area contributed by atoms with Gasteiger partial charge in [-0.1, -0.05) is 97.9 Å². The number of dihydropyridines is 1. The van der Waals surface area contributed by atoms with Gasteiger partial charge in [-0.2, -0.15) is 0 Å². The molecule has 10 bridgehead atoms. The molecule has 0 amide bonds. The lowest BCUT2D eigenvalue weighted by Crippen LogP contribution is -2.64. The molecule has 12 aliphatic rings. The molecule has 16 heteroatoms. The highest BCUT2D eigenvalue weighted by molar-refractivity contribution is 5.89. The van der Waals surface area contributed by atoms with E-state index in [4.69, 9.17) is 34.4 Å². The highest BCUT2D eigenvalue weighted by Crippen LogP contribution is 2.65. The van der Waals surface area contributed by atoms with Gasteiger partial charge in [0.2, 0.25) is 0 Å². The van der Waals surface area contributed by atoms with E-state index in [0.717, 1.165) is 144 Å². The maximum Gasteiger partial charge on any atom is 0.188 e. The van der Waals surface area contributed by atoms with Crippen LogP contribution in [-0.2, 0) is 69.7 Å². The van der Waals surface area contributed by atoms with E-state index in [1.165, 1.54) is 28.7 Å². The molecule has 11 atom stereocenters. The number of aromatic nitrogens is 1. The molecule has 18 rings (SSSR count). The number of phenolic OH excluding ortho intramolecular Hbond substituents is 3. The minimum absolute atomic E-state index is 0.0353. The fourth-order valence-electron chi connectivity index (χ4n) is 19.4. The van der Waals surface area contributed by atoms with Gasteiger partial charge < -0.3 is 70.2 Å². The van der Waals surface area contributed by atoms with E-state index in [2.05, 4.69) is 93.3 Å². The van der Waals surface area contributed by atoms with Crippen LogP contribution in [0.1, 0.15) is 151 Å². The predicted molar refractivity (Wildman–Crippen MR) is 379 cm³/mol. The zero-order chi connectivity index (χ0) is 66.8. The zero-order valence-corrected chi connectivity index (χ0v) is 56.6. The number of aliphatic hydroxyl groups is 2. The number of aliphatic hydroxyl groups excluding tert-OH is 2. The van der Waals surface area contributed by atoms with Crippen molar-refractivity contribution in [2.24, 2.45) is 40.3 Å². The number of aromatic hydroxyl groups is 3. The number of hydrogen-bond donors (Lipinski definition) is 9. The molecular weight excluding hydrogens is 1230 g/mol. The SMILES string of the molecule is COCCCNC(N)=NCC1=C[C@H]2CC[C@@H](CCc3ccc(O)c(Cc4cccc(O)c4)c3)C#CC3=C4CC[C@H](OC)NC4NC4=C3[C@@H]1O[C@@H]2C[C@H](O)[C@@H]1C=Cc2c(c(CO)cc(O)c2OCc2cc([C@]35c6c7cccc6CC[C@H]3C3(CCCCC3)OC[C@H]5CC7)cc3cn4cc23)C1. The van der Waals surface area contributed by atoms with Crippen molar-refractivity contribution in [3.05, 3.63) is 187 Å². The Morgan fingerprint density at radius 1 is 0.878 bits per heavy atom. The summed E-state index contributed by atoms with van der Waals surface area (Å²) in [5.74, 6) is 9.74. The maximum atomic E-state index is 12.9. The number of fused-ring (bicyclic) bond motifs is 7. The second-order valence-electron chi connectivity index (χ2n) is 29.6. The highest BCUT2D eigenvalue weighted by atomic mass is 16.5. The minimum atomic E-state index is -0.865. The second kappa shape index (κ2) is 27.0. The van der Waals surface area contributed by atoms with Crippen molar-refractivity contribution < 1.29 is 49.2 Å². The normalized spacial score (nSPS) is 28.2. The van der Waals surface area contributed by atoms with Gasteiger partial charge in [0.25, 0.3) is 0 Å². The van der Waals surface area contributed by atoms with Crippen LogP contribution in [0.25, 0.3) is 22.7 Å². The summed E-state index contributed by atoms with van der Waals surface area (Å²) >= 11 is 0. The van der Waals surface area contributed by atoms with Crippen molar-refractivity contribution in [2.75, 3.05) is 40.5 Å². The molecule has 10 N–H and O–H groups in total. The van der Waals surface area contributed by atoms with Crippen LogP contribution >= 0.6 is 0 Å². The van der Waals surface area contributed by atoms with Crippen LogP contribution < -0.4 is 26.4 Å². The van der Waals surface area contributed by atoms with Gasteiger partial charge in [0.1, 0.15) is 42.4 Å². The first-order valence-corrected chi connectivity index (χ1v) is 36.3. The molecule has 8 heterocycles. The van der Waals surface area contributed by atoms with Crippen LogP contribution in [0.4, 0.5) is 0 Å². The Balaban J connectivity index is 0.910. The average molecular weight is 1320 g/mol. The number of aliphatic imine (C=N–C) groups is 1. The van der Waals surface area contributed by atoms with Gasteiger partial charge in [0.15, 0.2) is 17.5 Å². The number of rotatable bonds is 14. The van der Waals surface area contributed by atoms with E-state index >= 15 is 0 Å². The number of guanidine groups is 1. The molecule has 3 fully saturated rings. The number of methoxy groups -OCH3 is 2. The zero-order valence-electron chi connectivity index (χ0n) is 56.6. The number of aryl methyl sites for hydroxylation is 3. The van der Waals surface area contributed by atoms with E-state index in [0.29, 0.717) is 81.1 Å². The Labute approximate surface area is 575 Å². The van der Waals surface area contributed by atoms with Crippen molar-refractivity contribution in [1.82, 2.24) is 20.5 Å². The van der Waals surface area contributed by atoms with E-state index < -0.39 is 18.3 Å². The van der Waals surface area contributed by atoms with Gasteiger partial charge in [-0.15, -0.1) is 0 Å². The lowest BCUT2D eigenvalue weighted by molar-refractivity contribution is -0.193. The first-order valence-electron chi connectivity index (χ1n) is 36.3. The third-order valence-electron chi connectivity index (χ3n) is 24.1. The molecule has 7 aliphatic heterocycles. The Morgan fingerprint density at radius 3 is 2.57 bits per heavy atom. The number of nitrogens with one attached hydrogen (secondary N) is 3. The van der Waals surface area contributed by atoms with Gasteiger partial charge in [0.05, 0.1) is 37.6 Å². The smallest absolute Gasteiger partial charge is 0.188 e. The molecule has 98 heavy (non-hydrogen) atoms. The molecule has 1 spiro atoms. The summed E-state index contributed by atoms with van der Waals surface area (Å²) in [6.07, 6.45) is 24.4. The first kappa shape index (κ1) is 64.8. The molecule has 6 aromatic rings. The Morgan fingerprint density at radius 2 is 1.73 bits per heavy atom.